The summed E-state index contributed by atoms with van der Waals surface area (Å²) in [7, 11) is 0. The summed E-state index contributed by atoms with van der Waals surface area (Å²) in [6.45, 7) is 2.03. The molecule has 2 aromatic heterocycles. The Bertz CT molecular complexity index is 596. The Morgan fingerprint density at radius 1 is 1.32 bits per heavy atom. The molecule has 2 aromatic rings. The fourth-order valence-corrected chi connectivity index (χ4v) is 2.85. The molecule has 1 aliphatic rings. The summed E-state index contributed by atoms with van der Waals surface area (Å²) in [6.07, 6.45) is 8.37. The van der Waals surface area contributed by atoms with Crippen LogP contribution in [0.2, 0.25) is 0 Å². The van der Waals surface area contributed by atoms with Crippen LogP contribution in [0.1, 0.15) is 43.0 Å². The molecule has 1 saturated carbocycles. The molecule has 0 radical (unpaired) electrons. The normalized spacial score (nSPS) is 16.1. The molecule has 100 valence electrons. The third kappa shape index (κ3) is 1.95. The van der Waals surface area contributed by atoms with E-state index in [9.17, 15) is 0 Å². The van der Waals surface area contributed by atoms with Gasteiger partial charge >= 0.3 is 0 Å². The van der Waals surface area contributed by atoms with Crippen molar-refractivity contribution in [3.8, 4) is 11.3 Å². The lowest BCUT2D eigenvalue weighted by atomic mass is 10.1. The Morgan fingerprint density at radius 2 is 2.05 bits per heavy atom. The molecule has 0 saturated heterocycles. The minimum atomic E-state index is 0.443. The second-order valence-electron chi connectivity index (χ2n) is 5.25. The van der Waals surface area contributed by atoms with Gasteiger partial charge in [0.1, 0.15) is 11.5 Å². The number of imidazole rings is 1. The molecule has 0 aliphatic heterocycles. The van der Waals surface area contributed by atoms with Gasteiger partial charge in [0.25, 0.3) is 0 Å². The number of hydrogen-bond donors (Lipinski definition) is 2. The molecule has 0 spiro atoms. The second kappa shape index (κ2) is 4.57. The van der Waals surface area contributed by atoms with E-state index in [1.165, 1.54) is 12.8 Å². The highest BCUT2D eigenvalue weighted by atomic mass is 15.4. The number of rotatable bonds is 2. The second-order valence-corrected chi connectivity index (χ2v) is 5.25. The van der Waals surface area contributed by atoms with Crippen LogP contribution in [0.25, 0.3) is 11.3 Å². The van der Waals surface area contributed by atoms with Crippen molar-refractivity contribution in [2.45, 2.75) is 38.5 Å². The highest BCUT2D eigenvalue weighted by Crippen LogP contribution is 2.36. The maximum atomic E-state index is 6.12. The van der Waals surface area contributed by atoms with Gasteiger partial charge in [-0.05, 0) is 31.4 Å². The molecule has 19 heavy (non-hydrogen) atoms. The van der Waals surface area contributed by atoms with Gasteiger partial charge in [-0.1, -0.05) is 12.8 Å². The van der Waals surface area contributed by atoms with E-state index in [1.54, 1.807) is 17.1 Å². The molecule has 1 aliphatic carbocycles. The van der Waals surface area contributed by atoms with Gasteiger partial charge in [-0.3, -0.25) is 4.98 Å². The lowest BCUT2D eigenvalue weighted by Gasteiger charge is -2.08. The Hall–Kier alpha value is -2.04. The molecule has 5 heteroatoms. The third-order valence-corrected chi connectivity index (χ3v) is 3.99. The fourth-order valence-electron chi connectivity index (χ4n) is 2.85. The summed E-state index contributed by atoms with van der Waals surface area (Å²) in [5, 5.41) is 0. The van der Waals surface area contributed by atoms with E-state index in [4.69, 9.17) is 16.6 Å². The number of nitrogen functional groups attached to an aromatic ring is 2. The number of aryl methyl sites for hydroxylation is 1. The average molecular weight is 257 g/mol. The zero-order chi connectivity index (χ0) is 13.4. The smallest absolute Gasteiger partial charge is 0.150 e. The van der Waals surface area contributed by atoms with Gasteiger partial charge in [0, 0.05) is 23.9 Å². The molecule has 1 fully saturated rings. The summed E-state index contributed by atoms with van der Waals surface area (Å²) in [4.78, 5) is 8.85. The van der Waals surface area contributed by atoms with Crippen LogP contribution in [0.5, 0.6) is 0 Å². The first kappa shape index (κ1) is 12.0. The lowest BCUT2D eigenvalue weighted by Crippen LogP contribution is -2.17. The van der Waals surface area contributed by atoms with Crippen molar-refractivity contribution in [2.24, 2.45) is 0 Å². The topological polar surface area (TPSA) is 82.8 Å². The Morgan fingerprint density at radius 3 is 2.74 bits per heavy atom. The van der Waals surface area contributed by atoms with E-state index in [1.807, 2.05) is 13.0 Å². The molecular formula is C14H19N5. The summed E-state index contributed by atoms with van der Waals surface area (Å²) < 4.78 is 1.55. The highest BCUT2D eigenvalue weighted by Gasteiger charge is 2.25. The van der Waals surface area contributed by atoms with Crippen molar-refractivity contribution in [2.75, 3.05) is 11.6 Å². The van der Waals surface area contributed by atoms with E-state index >= 15 is 0 Å². The van der Waals surface area contributed by atoms with E-state index in [0.29, 0.717) is 11.7 Å². The van der Waals surface area contributed by atoms with E-state index in [0.717, 1.165) is 35.5 Å². The maximum Gasteiger partial charge on any atom is 0.150 e. The maximum absolute atomic E-state index is 6.12. The zero-order valence-electron chi connectivity index (χ0n) is 11.1. The average Bonchev–Trinajstić information content (AvgIpc) is 3.02. The zero-order valence-corrected chi connectivity index (χ0v) is 11.1. The van der Waals surface area contributed by atoms with Gasteiger partial charge < -0.3 is 11.6 Å². The minimum Gasteiger partial charge on any atom is -0.382 e. The summed E-state index contributed by atoms with van der Waals surface area (Å²) in [5.41, 5.74) is 8.95. The predicted molar refractivity (Wildman–Crippen MR) is 76.0 cm³/mol. The third-order valence-electron chi connectivity index (χ3n) is 3.99. The van der Waals surface area contributed by atoms with Crippen LogP contribution in [0, 0.1) is 6.92 Å². The SMILES string of the molecule is Cc1ccncc1-c1nc(C2CCCC2)n(N)c1N. The number of nitrogens with zero attached hydrogens (tertiary/aromatic N) is 3. The molecule has 0 bridgehead atoms. The molecule has 3 rings (SSSR count). The Balaban J connectivity index is 2.08. The van der Waals surface area contributed by atoms with Crippen LogP contribution >= 0.6 is 0 Å². The van der Waals surface area contributed by atoms with Gasteiger partial charge in [-0.2, -0.15) is 0 Å². The van der Waals surface area contributed by atoms with Crippen LogP contribution in [0.3, 0.4) is 0 Å². The van der Waals surface area contributed by atoms with E-state index < -0.39 is 0 Å². The Kier molecular flexibility index (Phi) is 2.89. The fraction of sp³-hybridized carbons (Fsp3) is 0.429. The molecule has 2 heterocycles. The van der Waals surface area contributed by atoms with Gasteiger partial charge in [-0.15, -0.1) is 0 Å². The summed E-state index contributed by atoms with van der Waals surface area (Å²) in [6, 6.07) is 1.96. The van der Waals surface area contributed by atoms with Crippen LogP contribution in [0.4, 0.5) is 5.82 Å². The molecule has 4 N–H and O–H groups in total. The predicted octanol–water partition coefficient (Wildman–Crippen LogP) is 2.21. The first-order valence-electron chi connectivity index (χ1n) is 6.72. The molecule has 0 amide bonds. The van der Waals surface area contributed by atoms with Crippen molar-refractivity contribution in [1.29, 1.82) is 0 Å². The number of hydrogen-bond acceptors (Lipinski definition) is 4. The molecule has 5 nitrogen and oxygen atoms in total. The van der Waals surface area contributed by atoms with Crippen molar-refractivity contribution >= 4 is 5.82 Å². The van der Waals surface area contributed by atoms with Crippen molar-refractivity contribution < 1.29 is 0 Å². The minimum absolute atomic E-state index is 0.443. The van der Waals surface area contributed by atoms with Gasteiger partial charge in [0.05, 0.1) is 0 Å². The van der Waals surface area contributed by atoms with Crippen molar-refractivity contribution in [3.63, 3.8) is 0 Å². The molecule has 0 atom stereocenters. The van der Waals surface area contributed by atoms with Gasteiger partial charge in [0.2, 0.25) is 0 Å². The Labute approximate surface area is 112 Å². The van der Waals surface area contributed by atoms with Crippen LogP contribution < -0.4 is 11.6 Å². The number of pyridine rings is 1. The van der Waals surface area contributed by atoms with E-state index in [-0.39, 0.29) is 0 Å². The van der Waals surface area contributed by atoms with E-state index in [2.05, 4.69) is 4.98 Å². The van der Waals surface area contributed by atoms with Gasteiger partial charge in [-0.25, -0.2) is 9.66 Å². The first-order chi connectivity index (χ1) is 9.18. The molecule has 0 aromatic carbocycles. The summed E-state index contributed by atoms with van der Waals surface area (Å²) in [5.74, 6) is 7.96. The molecular weight excluding hydrogens is 238 g/mol. The van der Waals surface area contributed by atoms with Crippen molar-refractivity contribution in [3.05, 3.63) is 29.8 Å². The highest BCUT2D eigenvalue weighted by molar-refractivity contribution is 5.73. The van der Waals surface area contributed by atoms with Crippen molar-refractivity contribution in [1.82, 2.24) is 14.6 Å². The van der Waals surface area contributed by atoms with Crippen LogP contribution in [-0.2, 0) is 0 Å². The van der Waals surface area contributed by atoms with Gasteiger partial charge in [0.15, 0.2) is 5.82 Å². The number of anilines is 1. The number of aromatic nitrogens is 3. The first-order valence-corrected chi connectivity index (χ1v) is 6.72. The van der Waals surface area contributed by atoms with Crippen LogP contribution in [-0.4, -0.2) is 14.6 Å². The number of nitrogens with two attached hydrogens (primary N) is 2. The monoisotopic (exact) mass is 257 g/mol. The standard InChI is InChI=1S/C14H19N5/c1-9-6-7-17-8-11(9)12-13(15)19(16)14(18-12)10-4-2-3-5-10/h6-8,10H,2-5,15-16H2,1H3. The molecule has 0 unspecified atom stereocenters. The largest absolute Gasteiger partial charge is 0.382 e. The summed E-state index contributed by atoms with van der Waals surface area (Å²) >= 11 is 0. The quantitative estimate of drug-likeness (QED) is 0.808. The lowest BCUT2D eigenvalue weighted by molar-refractivity contribution is 0.648. The van der Waals surface area contributed by atoms with Crippen LogP contribution in [0.15, 0.2) is 18.5 Å².